The fourth-order valence-corrected chi connectivity index (χ4v) is 4.51. The molecule has 1 atom stereocenters. The average Bonchev–Trinajstić information content (AvgIpc) is 3.33. The summed E-state index contributed by atoms with van der Waals surface area (Å²) < 4.78 is 5.47. The predicted molar refractivity (Wildman–Crippen MR) is 124 cm³/mol. The Morgan fingerprint density at radius 1 is 1.06 bits per heavy atom. The molecule has 0 aliphatic heterocycles. The lowest BCUT2D eigenvalue weighted by Gasteiger charge is -2.36. The standard InChI is InChI=1S/C26H27N3O5/c30-21-8-4-5-15-26(21,20-6-2-1-3-7-20)16-13-22-28-24(29-34-22)18-9-11-19(12-10-18)25(33)27-17-14-23(31)32/h1-3,6-7,9-12H,4-5,8,13-17H2,(H,27,33)(H,31,32). The van der Waals surface area contributed by atoms with Crippen molar-refractivity contribution in [1.29, 1.82) is 0 Å². The number of Topliss-reactive ketones (excluding diaryl/α,β-unsaturated/α-hetero) is 1. The van der Waals surface area contributed by atoms with Gasteiger partial charge in [0, 0.05) is 30.5 Å². The van der Waals surface area contributed by atoms with E-state index in [2.05, 4.69) is 15.5 Å². The van der Waals surface area contributed by atoms with Crippen LogP contribution in [-0.4, -0.2) is 39.5 Å². The van der Waals surface area contributed by atoms with Crippen LogP contribution in [0.5, 0.6) is 0 Å². The number of aryl methyl sites for hydroxylation is 1. The molecule has 3 aromatic rings. The highest BCUT2D eigenvalue weighted by Gasteiger charge is 2.41. The largest absolute Gasteiger partial charge is 0.481 e. The van der Waals surface area contributed by atoms with Gasteiger partial charge in [0.15, 0.2) is 0 Å². The van der Waals surface area contributed by atoms with Gasteiger partial charge in [0.25, 0.3) is 5.91 Å². The number of hydrogen-bond donors (Lipinski definition) is 2. The number of hydrogen-bond acceptors (Lipinski definition) is 6. The molecule has 1 unspecified atom stereocenters. The number of benzene rings is 2. The maximum Gasteiger partial charge on any atom is 0.305 e. The summed E-state index contributed by atoms with van der Waals surface area (Å²) in [6, 6.07) is 16.7. The summed E-state index contributed by atoms with van der Waals surface area (Å²) in [5.41, 5.74) is 1.66. The van der Waals surface area contributed by atoms with Gasteiger partial charge in [-0.1, -0.05) is 54.0 Å². The Kier molecular flexibility index (Phi) is 7.15. The molecule has 0 bridgehead atoms. The van der Waals surface area contributed by atoms with Gasteiger partial charge in [-0.15, -0.1) is 0 Å². The van der Waals surface area contributed by atoms with Gasteiger partial charge in [-0.2, -0.15) is 4.98 Å². The fraction of sp³-hybridized carbons (Fsp3) is 0.346. The van der Waals surface area contributed by atoms with Crippen LogP contribution < -0.4 is 5.32 Å². The van der Waals surface area contributed by atoms with E-state index < -0.39 is 11.4 Å². The van der Waals surface area contributed by atoms with Gasteiger partial charge in [0.2, 0.25) is 11.7 Å². The van der Waals surface area contributed by atoms with E-state index >= 15 is 0 Å². The van der Waals surface area contributed by atoms with E-state index in [4.69, 9.17) is 9.63 Å². The Hall–Kier alpha value is -3.81. The Balaban J connectivity index is 1.42. The lowest BCUT2D eigenvalue weighted by molar-refractivity contribution is -0.136. The second kappa shape index (κ2) is 10.4. The molecular weight excluding hydrogens is 434 g/mol. The van der Waals surface area contributed by atoms with Crippen molar-refractivity contribution < 1.29 is 24.0 Å². The highest BCUT2D eigenvalue weighted by molar-refractivity contribution is 5.94. The minimum absolute atomic E-state index is 0.0666. The third-order valence-corrected chi connectivity index (χ3v) is 6.38. The zero-order valence-electron chi connectivity index (χ0n) is 18.8. The molecular formula is C26H27N3O5. The lowest BCUT2D eigenvalue weighted by Crippen LogP contribution is -2.39. The van der Waals surface area contributed by atoms with Crippen molar-refractivity contribution in [1.82, 2.24) is 15.5 Å². The molecule has 176 valence electrons. The number of amides is 1. The minimum Gasteiger partial charge on any atom is -0.481 e. The molecule has 1 saturated carbocycles. The summed E-state index contributed by atoms with van der Waals surface area (Å²) in [6.45, 7) is 0.0666. The Morgan fingerprint density at radius 2 is 1.82 bits per heavy atom. The van der Waals surface area contributed by atoms with Crippen LogP contribution >= 0.6 is 0 Å². The number of nitrogens with zero attached hydrogens (tertiary/aromatic N) is 2. The number of carbonyl (C=O) groups is 3. The predicted octanol–water partition coefficient (Wildman–Crippen LogP) is 3.95. The monoisotopic (exact) mass is 461 g/mol. The maximum absolute atomic E-state index is 13.0. The number of aliphatic carboxylic acids is 1. The zero-order valence-corrected chi connectivity index (χ0v) is 18.8. The summed E-state index contributed by atoms with van der Waals surface area (Å²) >= 11 is 0. The molecule has 8 heteroatoms. The van der Waals surface area contributed by atoms with E-state index in [0.717, 1.165) is 24.8 Å². The third kappa shape index (κ3) is 5.22. The van der Waals surface area contributed by atoms with Gasteiger partial charge in [-0.05, 0) is 37.0 Å². The summed E-state index contributed by atoms with van der Waals surface area (Å²) in [7, 11) is 0. The van der Waals surface area contributed by atoms with Crippen LogP contribution in [0.3, 0.4) is 0 Å². The molecule has 0 radical (unpaired) electrons. The summed E-state index contributed by atoms with van der Waals surface area (Å²) in [5.74, 6) is -0.145. The summed E-state index contributed by atoms with van der Waals surface area (Å²) in [6.07, 6.45) is 4.36. The van der Waals surface area contributed by atoms with E-state index in [-0.39, 0.29) is 24.7 Å². The molecule has 1 heterocycles. The van der Waals surface area contributed by atoms with Gasteiger partial charge in [0.1, 0.15) is 5.78 Å². The Morgan fingerprint density at radius 3 is 2.53 bits per heavy atom. The minimum atomic E-state index is -0.967. The van der Waals surface area contributed by atoms with Crippen molar-refractivity contribution in [2.24, 2.45) is 0 Å². The average molecular weight is 462 g/mol. The molecule has 0 saturated heterocycles. The van der Waals surface area contributed by atoms with Crippen molar-refractivity contribution in [2.45, 2.75) is 50.4 Å². The second-order valence-corrected chi connectivity index (χ2v) is 8.57. The molecule has 1 amide bonds. The molecule has 1 aliphatic rings. The van der Waals surface area contributed by atoms with Crippen molar-refractivity contribution in [3.05, 3.63) is 71.6 Å². The number of carboxylic acid groups (broad SMARTS) is 1. The van der Waals surface area contributed by atoms with Crippen molar-refractivity contribution in [2.75, 3.05) is 6.54 Å². The molecule has 2 N–H and O–H groups in total. The van der Waals surface area contributed by atoms with E-state index in [1.807, 2.05) is 30.3 Å². The Labute approximate surface area is 197 Å². The van der Waals surface area contributed by atoms with E-state index in [1.54, 1.807) is 24.3 Å². The maximum atomic E-state index is 13.0. The van der Waals surface area contributed by atoms with E-state index in [9.17, 15) is 14.4 Å². The van der Waals surface area contributed by atoms with Crippen LogP contribution in [0.25, 0.3) is 11.4 Å². The SMILES string of the molecule is O=C(O)CCNC(=O)c1ccc(-c2noc(CCC3(c4ccccc4)CCCCC3=O)n2)cc1. The van der Waals surface area contributed by atoms with Gasteiger partial charge >= 0.3 is 5.97 Å². The summed E-state index contributed by atoms with van der Waals surface area (Å²) in [5, 5.41) is 15.3. The quantitative estimate of drug-likeness (QED) is 0.495. The van der Waals surface area contributed by atoms with Crippen molar-refractivity contribution in [3.63, 3.8) is 0 Å². The van der Waals surface area contributed by atoms with Gasteiger partial charge in [0.05, 0.1) is 11.8 Å². The molecule has 1 aromatic heterocycles. The number of rotatable bonds is 9. The number of carbonyl (C=O) groups excluding carboxylic acids is 2. The van der Waals surface area contributed by atoms with Gasteiger partial charge in [-0.3, -0.25) is 14.4 Å². The summed E-state index contributed by atoms with van der Waals surface area (Å²) in [4.78, 5) is 40.2. The third-order valence-electron chi connectivity index (χ3n) is 6.38. The number of aromatic nitrogens is 2. The molecule has 34 heavy (non-hydrogen) atoms. The zero-order chi connectivity index (χ0) is 24.0. The highest BCUT2D eigenvalue weighted by Crippen LogP contribution is 2.40. The van der Waals surface area contributed by atoms with Crippen LogP contribution in [0.4, 0.5) is 0 Å². The lowest BCUT2D eigenvalue weighted by atomic mass is 9.66. The van der Waals surface area contributed by atoms with Crippen LogP contribution in [-0.2, 0) is 21.4 Å². The first-order valence-electron chi connectivity index (χ1n) is 11.5. The van der Waals surface area contributed by atoms with Crippen molar-refractivity contribution >= 4 is 17.7 Å². The van der Waals surface area contributed by atoms with E-state index in [0.29, 0.717) is 42.1 Å². The molecule has 4 rings (SSSR count). The molecule has 8 nitrogen and oxygen atoms in total. The molecule has 1 aliphatic carbocycles. The highest BCUT2D eigenvalue weighted by atomic mass is 16.5. The second-order valence-electron chi connectivity index (χ2n) is 8.57. The molecule has 2 aromatic carbocycles. The topological polar surface area (TPSA) is 122 Å². The number of nitrogens with one attached hydrogen (secondary N) is 1. The van der Waals surface area contributed by atoms with Crippen LogP contribution in [0.15, 0.2) is 59.1 Å². The number of carboxylic acids is 1. The smallest absolute Gasteiger partial charge is 0.305 e. The van der Waals surface area contributed by atoms with Crippen LogP contribution in [0, 0.1) is 0 Å². The molecule has 0 spiro atoms. The first-order chi connectivity index (χ1) is 16.5. The van der Waals surface area contributed by atoms with Gasteiger partial charge < -0.3 is 14.9 Å². The Bertz CT molecular complexity index is 1160. The fourth-order valence-electron chi connectivity index (χ4n) is 4.51. The molecule has 1 fully saturated rings. The van der Waals surface area contributed by atoms with Crippen LogP contribution in [0.2, 0.25) is 0 Å². The van der Waals surface area contributed by atoms with Gasteiger partial charge in [-0.25, -0.2) is 0 Å². The van der Waals surface area contributed by atoms with E-state index in [1.165, 1.54) is 0 Å². The first kappa shape index (κ1) is 23.4. The first-order valence-corrected chi connectivity index (χ1v) is 11.5. The van der Waals surface area contributed by atoms with Crippen LogP contribution in [0.1, 0.15) is 60.3 Å². The number of ketones is 1. The van der Waals surface area contributed by atoms with Crippen molar-refractivity contribution in [3.8, 4) is 11.4 Å². The normalized spacial score (nSPS) is 17.9.